The lowest BCUT2D eigenvalue weighted by Gasteiger charge is -2.23. The number of hydrogen-bond donors (Lipinski definition) is 1. The van der Waals surface area contributed by atoms with Crippen molar-refractivity contribution in [2.45, 2.75) is 31.2 Å². The van der Waals surface area contributed by atoms with Gasteiger partial charge in [0.1, 0.15) is 0 Å². The standard InChI is InChI=1S/C25H27ClN2O3S/c1-19-8-14-24(15-9-19)32(30,31)28(17-16-21-6-4-3-5-7-21)18-25(29)27-20(2)22-10-12-23(26)13-11-22/h3-15,20H,16-18H2,1-2H3,(H,27,29). The van der Waals surface area contributed by atoms with Crippen LogP contribution in [0.2, 0.25) is 5.02 Å². The first-order chi connectivity index (χ1) is 15.3. The van der Waals surface area contributed by atoms with Crippen molar-refractivity contribution >= 4 is 27.5 Å². The summed E-state index contributed by atoms with van der Waals surface area (Å²) < 4.78 is 27.9. The second kappa shape index (κ2) is 10.8. The van der Waals surface area contributed by atoms with Gasteiger partial charge < -0.3 is 5.32 Å². The van der Waals surface area contributed by atoms with Gasteiger partial charge in [0.15, 0.2) is 0 Å². The predicted molar refractivity (Wildman–Crippen MR) is 128 cm³/mol. The molecule has 0 heterocycles. The Bertz CT molecular complexity index is 1130. The first-order valence-corrected chi connectivity index (χ1v) is 12.2. The van der Waals surface area contributed by atoms with Crippen molar-refractivity contribution in [1.29, 1.82) is 0 Å². The molecule has 7 heteroatoms. The number of carbonyl (C=O) groups excluding carboxylic acids is 1. The predicted octanol–water partition coefficient (Wildman–Crippen LogP) is 4.76. The van der Waals surface area contributed by atoms with Crippen LogP contribution in [0.4, 0.5) is 0 Å². The van der Waals surface area contributed by atoms with Crippen LogP contribution in [0.25, 0.3) is 0 Å². The highest BCUT2D eigenvalue weighted by Gasteiger charge is 2.27. The molecule has 32 heavy (non-hydrogen) atoms. The maximum atomic E-state index is 13.3. The van der Waals surface area contributed by atoms with Crippen molar-refractivity contribution in [3.8, 4) is 0 Å². The van der Waals surface area contributed by atoms with E-state index in [1.807, 2.05) is 56.3 Å². The topological polar surface area (TPSA) is 66.5 Å². The summed E-state index contributed by atoms with van der Waals surface area (Å²) in [5.41, 5.74) is 2.86. The van der Waals surface area contributed by atoms with Gasteiger partial charge in [-0.15, -0.1) is 0 Å². The Labute approximate surface area is 195 Å². The van der Waals surface area contributed by atoms with E-state index in [2.05, 4.69) is 5.32 Å². The molecule has 3 rings (SSSR count). The molecule has 0 spiro atoms. The van der Waals surface area contributed by atoms with Gasteiger partial charge in [0.2, 0.25) is 15.9 Å². The Morgan fingerprint density at radius 1 is 0.969 bits per heavy atom. The Morgan fingerprint density at radius 2 is 1.59 bits per heavy atom. The Hall–Kier alpha value is -2.67. The average Bonchev–Trinajstić information content (AvgIpc) is 2.78. The van der Waals surface area contributed by atoms with E-state index in [0.717, 1.165) is 16.7 Å². The minimum absolute atomic E-state index is 0.176. The third-order valence-electron chi connectivity index (χ3n) is 5.22. The molecule has 0 aliphatic carbocycles. The number of aryl methyl sites for hydroxylation is 1. The molecule has 0 saturated carbocycles. The summed E-state index contributed by atoms with van der Waals surface area (Å²) in [7, 11) is -3.83. The number of amides is 1. The monoisotopic (exact) mass is 470 g/mol. The van der Waals surface area contributed by atoms with E-state index in [-0.39, 0.29) is 29.9 Å². The minimum Gasteiger partial charge on any atom is -0.348 e. The number of rotatable bonds is 9. The number of nitrogens with one attached hydrogen (secondary N) is 1. The van der Waals surface area contributed by atoms with Crippen molar-refractivity contribution in [3.05, 3.63) is 101 Å². The third-order valence-corrected chi connectivity index (χ3v) is 7.33. The molecular weight excluding hydrogens is 444 g/mol. The van der Waals surface area contributed by atoms with E-state index in [1.54, 1.807) is 36.4 Å². The van der Waals surface area contributed by atoms with E-state index in [4.69, 9.17) is 11.6 Å². The van der Waals surface area contributed by atoms with Crippen molar-refractivity contribution in [2.75, 3.05) is 13.1 Å². The second-order valence-electron chi connectivity index (χ2n) is 7.73. The molecule has 1 atom stereocenters. The summed E-state index contributed by atoms with van der Waals surface area (Å²) in [6.07, 6.45) is 0.506. The molecular formula is C25H27ClN2O3S. The van der Waals surface area contributed by atoms with Crippen LogP contribution in [-0.4, -0.2) is 31.7 Å². The van der Waals surface area contributed by atoms with Gasteiger partial charge in [-0.3, -0.25) is 4.79 Å². The van der Waals surface area contributed by atoms with Crippen LogP contribution >= 0.6 is 11.6 Å². The maximum Gasteiger partial charge on any atom is 0.243 e. The molecule has 1 unspecified atom stereocenters. The molecule has 3 aromatic rings. The quantitative estimate of drug-likeness (QED) is 0.490. The van der Waals surface area contributed by atoms with Crippen LogP contribution in [0, 0.1) is 6.92 Å². The summed E-state index contributed by atoms with van der Waals surface area (Å²) in [6.45, 7) is 3.68. The smallest absolute Gasteiger partial charge is 0.243 e. The van der Waals surface area contributed by atoms with Crippen molar-refractivity contribution in [2.24, 2.45) is 0 Å². The fourth-order valence-corrected chi connectivity index (χ4v) is 4.85. The number of carbonyl (C=O) groups is 1. The van der Waals surface area contributed by atoms with E-state index in [1.165, 1.54) is 4.31 Å². The molecule has 1 N–H and O–H groups in total. The zero-order valence-corrected chi connectivity index (χ0v) is 19.7. The van der Waals surface area contributed by atoms with Gasteiger partial charge in [-0.1, -0.05) is 71.8 Å². The van der Waals surface area contributed by atoms with Crippen LogP contribution in [0.15, 0.2) is 83.8 Å². The first-order valence-electron chi connectivity index (χ1n) is 10.4. The minimum atomic E-state index is -3.83. The van der Waals surface area contributed by atoms with Gasteiger partial charge in [0, 0.05) is 11.6 Å². The molecule has 3 aromatic carbocycles. The largest absolute Gasteiger partial charge is 0.348 e. The lowest BCUT2D eigenvalue weighted by atomic mass is 10.1. The fraction of sp³-hybridized carbons (Fsp3) is 0.240. The molecule has 5 nitrogen and oxygen atoms in total. The summed E-state index contributed by atoms with van der Waals surface area (Å²) >= 11 is 5.93. The van der Waals surface area contributed by atoms with Gasteiger partial charge in [-0.05, 0) is 55.7 Å². The molecule has 0 saturated heterocycles. The van der Waals surface area contributed by atoms with Crippen molar-refractivity contribution in [1.82, 2.24) is 9.62 Å². The van der Waals surface area contributed by atoms with E-state index >= 15 is 0 Å². The van der Waals surface area contributed by atoms with Crippen molar-refractivity contribution in [3.63, 3.8) is 0 Å². The highest BCUT2D eigenvalue weighted by Crippen LogP contribution is 2.19. The van der Waals surface area contributed by atoms with Crippen LogP contribution in [0.5, 0.6) is 0 Å². The van der Waals surface area contributed by atoms with Gasteiger partial charge in [-0.25, -0.2) is 8.42 Å². The fourth-order valence-electron chi connectivity index (χ4n) is 3.32. The third kappa shape index (κ3) is 6.42. The lowest BCUT2D eigenvalue weighted by Crippen LogP contribution is -2.42. The zero-order valence-electron chi connectivity index (χ0n) is 18.2. The van der Waals surface area contributed by atoms with Crippen molar-refractivity contribution < 1.29 is 13.2 Å². The van der Waals surface area contributed by atoms with Crippen LogP contribution in [0.1, 0.15) is 29.7 Å². The van der Waals surface area contributed by atoms with E-state index in [9.17, 15) is 13.2 Å². The normalized spacial score (nSPS) is 12.5. The number of nitrogens with zero attached hydrogens (tertiary/aromatic N) is 1. The summed E-state index contributed by atoms with van der Waals surface area (Å²) in [5.74, 6) is -0.365. The molecule has 0 bridgehead atoms. The molecule has 0 fully saturated rings. The van der Waals surface area contributed by atoms with Gasteiger partial charge >= 0.3 is 0 Å². The Morgan fingerprint density at radius 3 is 2.22 bits per heavy atom. The molecule has 0 radical (unpaired) electrons. The lowest BCUT2D eigenvalue weighted by molar-refractivity contribution is -0.121. The Kier molecular flexibility index (Phi) is 8.07. The number of halogens is 1. The summed E-state index contributed by atoms with van der Waals surface area (Å²) in [4.78, 5) is 13.0. The highest BCUT2D eigenvalue weighted by molar-refractivity contribution is 7.89. The second-order valence-corrected chi connectivity index (χ2v) is 10.1. The Balaban J connectivity index is 1.77. The summed E-state index contributed by atoms with van der Waals surface area (Å²) in [6, 6.07) is 23.2. The number of sulfonamides is 1. The van der Waals surface area contributed by atoms with Crippen LogP contribution in [0.3, 0.4) is 0 Å². The zero-order chi connectivity index (χ0) is 23.1. The van der Waals surface area contributed by atoms with Crippen LogP contribution < -0.4 is 5.32 Å². The molecule has 0 aliphatic rings. The SMILES string of the molecule is Cc1ccc(S(=O)(=O)N(CCc2ccccc2)CC(=O)NC(C)c2ccc(Cl)cc2)cc1. The number of benzene rings is 3. The summed E-state index contributed by atoms with van der Waals surface area (Å²) in [5, 5.41) is 3.50. The van der Waals surface area contributed by atoms with Gasteiger partial charge in [0.05, 0.1) is 17.5 Å². The molecule has 0 aromatic heterocycles. The molecule has 168 valence electrons. The van der Waals surface area contributed by atoms with E-state index in [0.29, 0.717) is 11.4 Å². The number of hydrogen-bond acceptors (Lipinski definition) is 3. The van der Waals surface area contributed by atoms with Crippen LogP contribution in [-0.2, 0) is 21.2 Å². The average molecular weight is 471 g/mol. The van der Waals surface area contributed by atoms with Gasteiger partial charge in [0.25, 0.3) is 0 Å². The van der Waals surface area contributed by atoms with E-state index < -0.39 is 10.0 Å². The molecule has 1 amide bonds. The highest BCUT2D eigenvalue weighted by atomic mass is 35.5. The maximum absolute atomic E-state index is 13.3. The molecule has 0 aliphatic heterocycles. The first kappa shape index (κ1) is 24.0. The van der Waals surface area contributed by atoms with Gasteiger partial charge in [-0.2, -0.15) is 4.31 Å².